The number of nitrogen functional groups attached to an aromatic ring is 1. The SMILES string of the molecule is Cc1nc([C@@H]2CCCCN2c2cc(Cl)nc(N)n2)no1. The largest absolute Gasteiger partial charge is 0.368 e. The first-order chi connectivity index (χ1) is 9.63. The second-order valence-corrected chi connectivity index (χ2v) is 5.17. The van der Waals surface area contributed by atoms with Crippen LogP contribution in [0.1, 0.15) is 37.0 Å². The normalized spacial score (nSPS) is 19.3. The summed E-state index contributed by atoms with van der Waals surface area (Å²) in [5.74, 6) is 2.11. The Morgan fingerprint density at radius 2 is 2.20 bits per heavy atom. The van der Waals surface area contributed by atoms with Crippen LogP contribution in [0.15, 0.2) is 10.6 Å². The molecule has 7 nitrogen and oxygen atoms in total. The van der Waals surface area contributed by atoms with Gasteiger partial charge >= 0.3 is 0 Å². The van der Waals surface area contributed by atoms with Gasteiger partial charge < -0.3 is 15.2 Å². The number of rotatable bonds is 2. The number of anilines is 2. The molecular formula is C12H15ClN6O. The minimum absolute atomic E-state index is 0.0339. The Labute approximate surface area is 121 Å². The van der Waals surface area contributed by atoms with Crippen LogP contribution in [-0.4, -0.2) is 26.7 Å². The molecule has 20 heavy (non-hydrogen) atoms. The average Bonchev–Trinajstić information content (AvgIpc) is 2.84. The minimum Gasteiger partial charge on any atom is -0.368 e. The molecule has 1 aliphatic heterocycles. The molecule has 0 radical (unpaired) electrons. The van der Waals surface area contributed by atoms with E-state index in [4.69, 9.17) is 21.9 Å². The Morgan fingerprint density at radius 1 is 1.35 bits per heavy atom. The maximum absolute atomic E-state index is 5.96. The summed E-state index contributed by atoms with van der Waals surface area (Å²) in [5, 5.41) is 4.36. The van der Waals surface area contributed by atoms with Crippen LogP contribution in [0.25, 0.3) is 0 Å². The van der Waals surface area contributed by atoms with Crippen molar-refractivity contribution in [2.75, 3.05) is 17.2 Å². The summed E-state index contributed by atoms with van der Waals surface area (Å²) < 4.78 is 5.08. The van der Waals surface area contributed by atoms with Gasteiger partial charge in [-0.25, -0.2) is 4.98 Å². The Hall–Kier alpha value is -1.89. The van der Waals surface area contributed by atoms with E-state index < -0.39 is 0 Å². The smallest absolute Gasteiger partial charge is 0.223 e. The third-order valence-electron chi connectivity index (χ3n) is 3.34. The van der Waals surface area contributed by atoms with Gasteiger partial charge in [0.2, 0.25) is 11.8 Å². The molecule has 0 aliphatic carbocycles. The number of hydrogen-bond donors (Lipinski definition) is 1. The summed E-state index contributed by atoms with van der Waals surface area (Å²) in [6, 6.07) is 1.75. The molecule has 8 heteroatoms. The molecule has 0 aromatic carbocycles. The fourth-order valence-electron chi connectivity index (χ4n) is 2.49. The van der Waals surface area contributed by atoms with Crippen LogP contribution in [0.2, 0.25) is 5.15 Å². The first-order valence-corrected chi connectivity index (χ1v) is 6.88. The first-order valence-electron chi connectivity index (χ1n) is 6.50. The number of piperidine rings is 1. The van der Waals surface area contributed by atoms with Crippen molar-refractivity contribution in [3.05, 3.63) is 22.9 Å². The predicted molar refractivity (Wildman–Crippen MR) is 74.4 cm³/mol. The van der Waals surface area contributed by atoms with Crippen LogP contribution in [0.5, 0.6) is 0 Å². The van der Waals surface area contributed by atoms with Gasteiger partial charge in [-0.05, 0) is 19.3 Å². The van der Waals surface area contributed by atoms with E-state index in [0.717, 1.165) is 25.8 Å². The monoisotopic (exact) mass is 294 g/mol. The van der Waals surface area contributed by atoms with Gasteiger partial charge in [0.05, 0.1) is 6.04 Å². The molecule has 0 bridgehead atoms. The summed E-state index contributed by atoms with van der Waals surface area (Å²) in [6.45, 7) is 2.63. The number of nitrogens with two attached hydrogens (primary N) is 1. The number of nitrogens with zero attached hydrogens (tertiary/aromatic N) is 5. The summed E-state index contributed by atoms with van der Waals surface area (Å²) in [7, 11) is 0. The fraction of sp³-hybridized carbons (Fsp3) is 0.500. The van der Waals surface area contributed by atoms with E-state index in [1.165, 1.54) is 0 Å². The van der Waals surface area contributed by atoms with Crippen LogP contribution in [0, 0.1) is 6.92 Å². The summed E-state index contributed by atoms with van der Waals surface area (Å²) in [5.41, 5.74) is 5.67. The zero-order chi connectivity index (χ0) is 14.1. The van der Waals surface area contributed by atoms with Crippen LogP contribution in [0.3, 0.4) is 0 Å². The lowest BCUT2D eigenvalue weighted by molar-refractivity contribution is 0.372. The molecule has 1 saturated heterocycles. The lowest BCUT2D eigenvalue weighted by Gasteiger charge is -2.34. The summed E-state index contributed by atoms with van der Waals surface area (Å²) in [6.07, 6.45) is 3.14. The van der Waals surface area contributed by atoms with Crippen LogP contribution in [-0.2, 0) is 0 Å². The van der Waals surface area contributed by atoms with E-state index in [-0.39, 0.29) is 12.0 Å². The molecular weight excluding hydrogens is 280 g/mol. The molecule has 0 amide bonds. The standard InChI is InChI=1S/C12H15ClN6O/c1-7-15-11(18-20-7)8-4-2-3-5-19(8)10-6-9(13)16-12(14)17-10/h6,8H,2-5H2,1H3,(H2,14,16,17)/t8-/m0/s1. The van der Waals surface area contributed by atoms with Crippen molar-refractivity contribution >= 4 is 23.4 Å². The zero-order valence-corrected chi connectivity index (χ0v) is 11.8. The molecule has 3 heterocycles. The Bertz CT molecular complexity index is 595. The average molecular weight is 295 g/mol. The first kappa shape index (κ1) is 13.1. The van der Waals surface area contributed by atoms with E-state index in [9.17, 15) is 0 Å². The van der Waals surface area contributed by atoms with Crippen molar-refractivity contribution < 1.29 is 4.52 Å². The molecule has 3 rings (SSSR count). The van der Waals surface area contributed by atoms with Crippen molar-refractivity contribution in [1.82, 2.24) is 20.1 Å². The van der Waals surface area contributed by atoms with E-state index >= 15 is 0 Å². The highest BCUT2D eigenvalue weighted by molar-refractivity contribution is 6.29. The van der Waals surface area contributed by atoms with E-state index in [2.05, 4.69) is 25.0 Å². The third-order valence-corrected chi connectivity index (χ3v) is 3.53. The van der Waals surface area contributed by atoms with Gasteiger partial charge in [-0.1, -0.05) is 16.8 Å². The Balaban J connectivity index is 1.96. The molecule has 0 unspecified atom stereocenters. The van der Waals surface area contributed by atoms with E-state index in [0.29, 0.717) is 22.7 Å². The molecule has 1 aliphatic rings. The molecule has 106 valence electrons. The third kappa shape index (κ3) is 2.53. The lowest BCUT2D eigenvalue weighted by Crippen LogP contribution is -2.34. The minimum atomic E-state index is 0.0339. The van der Waals surface area contributed by atoms with Crippen LogP contribution < -0.4 is 10.6 Å². The van der Waals surface area contributed by atoms with Gasteiger partial charge in [0.15, 0.2) is 5.82 Å². The second-order valence-electron chi connectivity index (χ2n) is 4.78. The van der Waals surface area contributed by atoms with Crippen molar-refractivity contribution in [3.63, 3.8) is 0 Å². The molecule has 2 aromatic heterocycles. The van der Waals surface area contributed by atoms with Gasteiger partial charge in [-0.15, -0.1) is 0 Å². The van der Waals surface area contributed by atoms with Crippen LogP contribution >= 0.6 is 11.6 Å². The number of aromatic nitrogens is 4. The highest BCUT2D eigenvalue weighted by Crippen LogP contribution is 2.33. The summed E-state index contributed by atoms with van der Waals surface area (Å²) >= 11 is 5.96. The predicted octanol–water partition coefficient (Wildman–Crippen LogP) is 2.14. The van der Waals surface area contributed by atoms with Crippen molar-refractivity contribution in [2.24, 2.45) is 0 Å². The quantitative estimate of drug-likeness (QED) is 0.848. The number of aryl methyl sites for hydroxylation is 1. The topological polar surface area (TPSA) is 94.0 Å². The number of hydrogen-bond acceptors (Lipinski definition) is 7. The van der Waals surface area contributed by atoms with Crippen molar-refractivity contribution in [3.8, 4) is 0 Å². The molecule has 0 saturated carbocycles. The zero-order valence-electron chi connectivity index (χ0n) is 11.1. The molecule has 2 aromatic rings. The van der Waals surface area contributed by atoms with Gasteiger partial charge in [0.25, 0.3) is 0 Å². The molecule has 1 atom stereocenters. The highest BCUT2D eigenvalue weighted by atomic mass is 35.5. The van der Waals surface area contributed by atoms with Gasteiger partial charge in [0.1, 0.15) is 11.0 Å². The fourth-order valence-corrected chi connectivity index (χ4v) is 2.68. The number of halogens is 1. The van der Waals surface area contributed by atoms with Crippen LogP contribution in [0.4, 0.5) is 11.8 Å². The van der Waals surface area contributed by atoms with Gasteiger partial charge in [-0.3, -0.25) is 0 Å². The molecule has 2 N–H and O–H groups in total. The summed E-state index contributed by atoms with van der Waals surface area (Å²) in [4.78, 5) is 14.6. The van der Waals surface area contributed by atoms with Crippen molar-refractivity contribution in [1.29, 1.82) is 0 Å². The van der Waals surface area contributed by atoms with E-state index in [1.807, 2.05) is 0 Å². The Morgan fingerprint density at radius 3 is 2.90 bits per heavy atom. The lowest BCUT2D eigenvalue weighted by atomic mass is 10.0. The molecule has 1 fully saturated rings. The molecule has 0 spiro atoms. The van der Waals surface area contributed by atoms with Crippen molar-refractivity contribution in [2.45, 2.75) is 32.2 Å². The Kier molecular flexibility index (Phi) is 3.43. The highest BCUT2D eigenvalue weighted by Gasteiger charge is 2.29. The second kappa shape index (κ2) is 5.24. The van der Waals surface area contributed by atoms with E-state index in [1.54, 1.807) is 13.0 Å². The maximum atomic E-state index is 5.96. The van der Waals surface area contributed by atoms with Gasteiger partial charge in [0, 0.05) is 19.5 Å². The van der Waals surface area contributed by atoms with Gasteiger partial charge in [-0.2, -0.15) is 9.97 Å². The maximum Gasteiger partial charge on any atom is 0.223 e.